The van der Waals surface area contributed by atoms with Gasteiger partial charge in [-0.05, 0) is 37.1 Å². The largest absolute Gasteiger partial charge is 0.353 e. The molecule has 2 aromatic rings. The summed E-state index contributed by atoms with van der Waals surface area (Å²) in [6, 6.07) is 6.68. The van der Waals surface area contributed by atoms with E-state index in [1.807, 2.05) is 0 Å². The van der Waals surface area contributed by atoms with Crippen molar-refractivity contribution in [3.63, 3.8) is 0 Å². The van der Waals surface area contributed by atoms with Crippen LogP contribution in [-0.4, -0.2) is 16.9 Å². The van der Waals surface area contributed by atoms with Gasteiger partial charge in [0.25, 0.3) is 5.91 Å². The van der Waals surface area contributed by atoms with E-state index in [4.69, 9.17) is 0 Å². The molecule has 1 aromatic carbocycles. The van der Waals surface area contributed by atoms with Gasteiger partial charge in [0.15, 0.2) is 0 Å². The summed E-state index contributed by atoms with van der Waals surface area (Å²) in [5.41, 5.74) is 0.936. The Bertz CT molecular complexity index is 743. The molecule has 1 aliphatic rings. The van der Waals surface area contributed by atoms with Gasteiger partial charge < -0.3 is 10.6 Å². The van der Waals surface area contributed by atoms with Crippen molar-refractivity contribution in [1.29, 1.82) is 0 Å². The highest BCUT2D eigenvalue weighted by Gasteiger charge is 2.17. The Morgan fingerprint density at radius 3 is 2.52 bits per heavy atom. The first-order chi connectivity index (χ1) is 12.1. The molecule has 3 rings (SSSR count). The van der Waals surface area contributed by atoms with Gasteiger partial charge in [-0.15, -0.1) is 0 Å². The zero-order valence-electron chi connectivity index (χ0n) is 13.9. The van der Waals surface area contributed by atoms with E-state index in [9.17, 15) is 13.6 Å². The van der Waals surface area contributed by atoms with Crippen molar-refractivity contribution in [3.8, 4) is 0 Å². The van der Waals surface area contributed by atoms with Crippen LogP contribution in [0.15, 0.2) is 36.5 Å². The SMILES string of the molecule is O=C(NC1CCCCCC1)c1cc(Nc2ccc(F)cc2F)ccn1. The average Bonchev–Trinajstić information content (AvgIpc) is 2.86. The number of carbonyl (C=O) groups excluding carboxylic acids is 1. The number of benzene rings is 1. The molecule has 132 valence electrons. The van der Waals surface area contributed by atoms with Crippen LogP contribution in [0, 0.1) is 11.6 Å². The maximum atomic E-state index is 13.7. The molecule has 0 atom stereocenters. The van der Waals surface area contributed by atoms with Crippen molar-refractivity contribution < 1.29 is 13.6 Å². The minimum atomic E-state index is -0.693. The monoisotopic (exact) mass is 345 g/mol. The molecule has 0 spiro atoms. The minimum Gasteiger partial charge on any atom is -0.353 e. The summed E-state index contributed by atoms with van der Waals surface area (Å²) < 4.78 is 26.7. The summed E-state index contributed by atoms with van der Waals surface area (Å²) >= 11 is 0. The molecular weight excluding hydrogens is 324 g/mol. The van der Waals surface area contributed by atoms with Crippen molar-refractivity contribution in [2.75, 3.05) is 5.32 Å². The summed E-state index contributed by atoms with van der Waals surface area (Å²) in [7, 11) is 0. The van der Waals surface area contributed by atoms with Crippen molar-refractivity contribution in [3.05, 3.63) is 53.9 Å². The van der Waals surface area contributed by atoms with Gasteiger partial charge in [-0.25, -0.2) is 8.78 Å². The maximum Gasteiger partial charge on any atom is 0.270 e. The van der Waals surface area contributed by atoms with Crippen molar-refractivity contribution in [1.82, 2.24) is 10.3 Å². The summed E-state index contributed by atoms with van der Waals surface area (Å²) in [4.78, 5) is 16.5. The molecule has 1 amide bonds. The third-order valence-electron chi connectivity index (χ3n) is 4.39. The van der Waals surface area contributed by atoms with Gasteiger partial charge in [-0.3, -0.25) is 9.78 Å². The van der Waals surface area contributed by atoms with Crippen LogP contribution in [0.3, 0.4) is 0 Å². The number of amides is 1. The first kappa shape index (κ1) is 17.3. The minimum absolute atomic E-state index is 0.141. The third kappa shape index (κ3) is 4.75. The summed E-state index contributed by atoms with van der Waals surface area (Å²) in [6.07, 6.45) is 8.16. The third-order valence-corrected chi connectivity index (χ3v) is 4.39. The van der Waals surface area contributed by atoms with E-state index in [1.165, 1.54) is 31.2 Å². The topological polar surface area (TPSA) is 54.0 Å². The molecule has 1 aliphatic carbocycles. The molecule has 0 aliphatic heterocycles. The van der Waals surface area contributed by atoms with Gasteiger partial charge in [0, 0.05) is 24.0 Å². The van der Waals surface area contributed by atoms with Crippen LogP contribution < -0.4 is 10.6 Å². The predicted octanol–water partition coefficient (Wildman–Crippen LogP) is 4.56. The number of halogens is 2. The van der Waals surface area contributed by atoms with Gasteiger partial charge in [-0.1, -0.05) is 25.7 Å². The number of nitrogens with one attached hydrogen (secondary N) is 2. The maximum absolute atomic E-state index is 13.7. The Morgan fingerprint density at radius 1 is 1.04 bits per heavy atom. The number of hydrogen-bond acceptors (Lipinski definition) is 3. The van der Waals surface area contributed by atoms with Crippen LogP contribution in [0.1, 0.15) is 49.0 Å². The molecule has 25 heavy (non-hydrogen) atoms. The molecule has 2 N–H and O–H groups in total. The fourth-order valence-electron chi connectivity index (χ4n) is 3.06. The first-order valence-corrected chi connectivity index (χ1v) is 8.61. The molecule has 6 heteroatoms. The highest BCUT2D eigenvalue weighted by Crippen LogP contribution is 2.21. The molecule has 1 fully saturated rings. The van der Waals surface area contributed by atoms with E-state index >= 15 is 0 Å². The van der Waals surface area contributed by atoms with E-state index in [2.05, 4.69) is 15.6 Å². The van der Waals surface area contributed by atoms with Gasteiger partial charge >= 0.3 is 0 Å². The Hall–Kier alpha value is -2.50. The molecule has 4 nitrogen and oxygen atoms in total. The van der Waals surface area contributed by atoms with Crippen LogP contribution in [-0.2, 0) is 0 Å². The fraction of sp³-hybridized carbons (Fsp3) is 0.368. The Kier molecular flexibility index (Phi) is 5.58. The fourth-order valence-corrected chi connectivity index (χ4v) is 3.06. The molecule has 0 saturated heterocycles. The molecular formula is C19H21F2N3O. The molecule has 0 bridgehead atoms. The normalized spacial score (nSPS) is 15.4. The van der Waals surface area contributed by atoms with Gasteiger partial charge in [-0.2, -0.15) is 0 Å². The van der Waals surface area contributed by atoms with E-state index < -0.39 is 11.6 Å². The van der Waals surface area contributed by atoms with E-state index in [0.717, 1.165) is 31.7 Å². The highest BCUT2D eigenvalue weighted by molar-refractivity contribution is 5.93. The second kappa shape index (κ2) is 8.05. The van der Waals surface area contributed by atoms with Crippen LogP contribution >= 0.6 is 0 Å². The Labute approximate surface area is 145 Å². The number of aromatic nitrogens is 1. The number of pyridine rings is 1. The predicted molar refractivity (Wildman–Crippen MR) is 92.8 cm³/mol. The lowest BCUT2D eigenvalue weighted by Crippen LogP contribution is -2.34. The van der Waals surface area contributed by atoms with Crippen LogP contribution in [0.25, 0.3) is 0 Å². The van der Waals surface area contributed by atoms with Crippen LogP contribution in [0.2, 0.25) is 0 Å². The number of hydrogen-bond donors (Lipinski definition) is 2. The molecule has 1 heterocycles. The average molecular weight is 345 g/mol. The quantitative estimate of drug-likeness (QED) is 0.799. The lowest BCUT2D eigenvalue weighted by molar-refractivity contribution is 0.0928. The first-order valence-electron chi connectivity index (χ1n) is 8.61. The lowest BCUT2D eigenvalue weighted by atomic mass is 10.1. The van der Waals surface area contributed by atoms with Crippen molar-refractivity contribution in [2.24, 2.45) is 0 Å². The molecule has 1 aromatic heterocycles. The van der Waals surface area contributed by atoms with Gasteiger partial charge in [0.05, 0.1) is 5.69 Å². The smallest absolute Gasteiger partial charge is 0.270 e. The zero-order valence-corrected chi connectivity index (χ0v) is 13.9. The van der Waals surface area contributed by atoms with E-state index in [1.54, 1.807) is 12.1 Å². The summed E-state index contributed by atoms with van der Waals surface area (Å²) in [5.74, 6) is -1.56. The molecule has 1 saturated carbocycles. The van der Waals surface area contributed by atoms with Crippen molar-refractivity contribution in [2.45, 2.75) is 44.6 Å². The number of anilines is 2. The van der Waals surface area contributed by atoms with E-state index in [0.29, 0.717) is 5.69 Å². The Morgan fingerprint density at radius 2 is 1.80 bits per heavy atom. The Balaban J connectivity index is 1.68. The zero-order chi connectivity index (χ0) is 17.6. The van der Waals surface area contributed by atoms with Crippen LogP contribution in [0.5, 0.6) is 0 Å². The second-order valence-corrected chi connectivity index (χ2v) is 6.34. The van der Waals surface area contributed by atoms with Crippen molar-refractivity contribution >= 4 is 17.3 Å². The lowest BCUT2D eigenvalue weighted by Gasteiger charge is -2.16. The number of rotatable bonds is 4. The summed E-state index contributed by atoms with van der Waals surface area (Å²) in [5, 5.41) is 5.88. The van der Waals surface area contributed by atoms with Crippen LogP contribution in [0.4, 0.5) is 20.2 Å². The van der Waals surface area contributed by atoms with E-state index in [-0.39, 0.29) is 23.3 Å². The second-order valence-electron chi connectivity index (χ2n) is 6.34. The molecule has 0 radical (unpaired) electrons. The van der Waals surface area contributed by atoms with Gasteiger partial charge in [0.2, 0.25) is 0 Å². The number of carbonyl (C=O) groups is 1. The summed E-state index contributed by atoms with van der Waals surface area (Å²) in [6.45, 7) is 0. The van der Waals surface area contributed by atoms with Gasteiger partial charge in [0.1, 0.15) is 17.3 Å². The number of nitrogens with zero attached hydrogens (tertiary/aromatic N) is 1. The molecule has 0 unspecified atom stereocenters. The highest BCUT2D eigenvalue weighted by atomic mass is 19.1. The standard InChI is InChI=1S/C19H21F2N3O/c20-13-7-8-17(16(21)11-13)23-15-9-10-22-18(12-15)19(25)24-14-5-3-1-2-4-6-14/h7-12,14H,1-6H2,(H,22,23)(H,24,25).